The van der Waals surface area contributed by atoms with Crippen molar-refractivity contribution in [3.05, 3.63) is 17.0 Å². The number of hydrogen-bond acceptors (Lipinski definition) is 4. The summed E-state index contributed by atoms with van der Waals surface area (Å²) in [4.78, 5) is 12.3. The molecule has 1 atom stereocenters. The Balaban J connectivity index is 1.80. The Bertz CT molecular complexity index is 718. The molecule has 1 amide bonds. The maximum absolute atomic E-state index is 12.3. The van der Waals surface area contributed by atoms with Crippen LogP contribution in [0.4, 0.5) is 0 Å². The first-order valence-corrected chi connectivity index (χ1v) is 10.7. The minimum absolute atomic E-state index is 0.0458. The Kier molecular flexibility index (Phi) is 6.26. The molecule has 7 nitrogen and oxygen atoms in total. The molecule has 1 aliphatic rings. The molecule has 8 heteroatoms. The molecule has 1 N–H and O–H groups in total. The van der Waals surface area contributed by atoms with Crippen LogP contribution in [-0.2, 0) is 28.3 Å². The summed E-state index contributed by atoms with van der Waals surface area (Å²) in [6.45, 7) is 7.07. The van der Waals surface area contributed by atoms with Crippen molar-refractivity contribution in [2.24, 2.45) is 13.0 Å². The first-order chi connectivity index (χ1) is 11.6. The molecule has 1 unspecified atom stereocenters. The lowest BCUT2D eigenvalue weighted by molar-refractivity contribution is -0.122. The zero-order chi connectivity index (χ0) is 18.8. The normalized spacial score (nSPS) is 18.3. The molecule has 1 aromatic heterocycles. The van der Waals surface area contributed by atoms with Gasteiger partial charge in [-0.15, -0.1) is 0 Å². The predicted octanol–water partition coefficient (Wildman–Crippen LogP) is 1.15. The van der Waals surface area contributed by atoms with E-state index in [1.807, 2.05) is 32.5 Å². The molecule has 1 fully saturated rings. The maximum Gasteiger partial charge on any atom is 0.220 e. The highest BCUT2D eigenvalue weighted by atomic mass is 32.2. The van der Waals surface area contributed by atoms with Crippen molar-refractivity contribution in [3.8, 4) is 0 Å². The zero-order valence-corrected chi connectivity index (χ0v) is 16.7. The standard InChI is InChI=1S/C17H30N4O3S/c1-12(10-16-13(2)19-20(4)14(16)3)18-17(22)11-15-6-8-21(9-7-15)25(5,23)24/h12,15H,6-11H2,1-5H3,(H,18,22). The molecule has 142 valence electrons. The monoisotopic (exact) mass is 370 g/mol. The van der Waals surface area contributed by atoms with Crippen molar-refractivity contribution in [1.29, 1.82) is 0 Å². The van der Waals surface area contributed by atoms with Gasteiger partial charge in [-0.1, -0.05) is 0 Å². The molecule has 1 aliphatic heterocycles. The van der Waals surface area contributed by atoms with Crippen LogP contribution in [0.25, 0.3) is 0 Å². The van der Waals surface area contributed by atoms with Gasteiger partial charge < -0.3 is 5.32 Å². The van der Waals surface area contributed by atoms with Crippen LogP contribution in [0.15, 0.2) is 0 Å². The van der Waals surface area contributed by atoms with E-state index in [0.717, 1.165) is 30.7 Å². The van der Waals surface area contributed by atoms with Gasteiger partial charge in [-0.05, 0) is 51.5 Å². The summed E-state index contributed by atoms with van der Waals surface area (Å²) in [6.07, 6.45) is 3.96. The molecule has 25 heavy (non-hydrogen) atoms. The van der Waals surface area contributed by atoms with Crippen molar-refractivity contribution < 1.29 is 13.2 Å². The van der Waals surface area contributed by atoms with E-state index in [9.17, 15) is 13.2 Å². The van der Waals surface area contributed by atoms with Crippen molar-refractivity contribution in [2.75, 3.05) is 19.3 Å². The van der Waals surface area contributed by atoms with Gasteiger partial charge in [0.15, 0.2) is 0 Å². The van der Waals surface area contributed by atoms with Gasteiger partial charge in [0, 0.05) is 38.3 Å². The quantitative estimate of drug-likeness (QED) is 0.814. The number of carbonyl (C=O) groups excluding carboxylic acids is 1. The second kappa shape index (κ2) is 7.86. The summed E-state index contributed by atoms with van der Waals surface area (Å²) in [5, 5.41) is 7.49. The van der Waals surface area contributed by atoms with Crippen molar-refractivity contribution in [1.82, 2.24) is 19.4 Å². The predicted molar refractivity (Wildman–Crippen MR) is 97.7 cm³/mol. The van der Waals surface area contributed by atoms with E-state index in [0.29, 0.717) is 19.5 Å². The summed E-state index contributed by atoms with van der Waals surface area (Å²) in [5.74, 6) is 0.302. The smallest absolute Gasteiger partial charge is 0.220 e. The van der Waals surface area contributed by atoms with Gasteiger partial charge in [-0.2, -0.15) is 5.10 Å². The second-order valence-corrected chi connectivity index (χ2v) is 9.24. The molecule has 1 saturated heterocycles. The highest BCUT2D eigenvalue weighted by Crippen LogP contribution is 2.22. The van der Waals surface area contributed by atoms with Gasteiger partial charge in [0.05, 0.1) is 11.9 Å². The highest BCUT2D eigenvalue weighted by molar-refractivity contribution is 7.88. The fraction of sp³-hybridized carbons (Fsp3) is 0.765. The van der Waals surface area contributed by atoms with Crippen LogP contribution in [0.1, 0.15) is 43.1 Å². The number of hydrogen-bond donors (Lipinski definition) is 1. The van der Waals surface area contributed by atoms with Crippen LogP contribution in [0.2, 0.25) is 0 Å². The molecule has 0 bridgehead atoms. The number of rotatable bonds is 6. The molecule has 0 aromatic carbocycles. The third-order valence-corrected chi connectivity index (χ3v) is 6.40. The maximum atomic E-state index is 12.3. The van der Waals surface area contributed by atoms with E-state index in [4.69, 9.17) is 0 Å². The fourth-order valence-electron chi connectivity index (χ4n) is 3.51. The molecular formula is C17H30N4O3S. The van der Waals surface area contributed by atoms with Gasteiger partial charge in [0.1, 0.15) is 0 Å². The lowest BCUT2D eigenvalue weighted by atomic mass is 9.94. The van der Waals surface area contributed by atoms with Gasteiger partial charge in [-0.25, -0.2) is 12.7 Å². The topological polar surface area (TPSA) is 84.3 Å². The largest absolute Gasteiger partial charge is 0.353 e. The summed E-state index contributed by atoms with van der Waals surface area (Å²) in [5.41, 5.74) is 3.33. The van der Waals surface area contributed by atoms with Crippen LogP contribution in [0.5, 0.6) is 0 Å². The van der Waals surface area contributed by atoms with Crippen LogP contribution >= 0.6 is 0 Å². The van der Waals surface area contributed by atoms with Crippen LogP contribution < -0.4 is 5.32 Å². The van der Waals surface area contributed by atoms with E-state index < -0.39 is 10.0 Å². The fourth-order valence-corrected chi connectivity index (χ4v) is 4.39. The SMILES string of the molecule is Cc1nn(C)c(C)c1CC(C)NC(=O)CC1CCN(S(C)(=O)=O)CC1. The molecule has 2 rings (SSSR count). The Morgan fingerprint density at radius 3 is 2.40 bits per heavy atom. The Labute approximate surface area is 150 Å². The highest BCUT2D eigenvalue weighted by Gasteiger charge is 2.26. The Morgan fingerprint density at radius 2 is 1.92 bits per heavy atom. The first-order valence-electron chi connectivity index (χ1n) is 8.81. The number of carbonyl (C=O) groups is 1. The first kappa shape index (κ1) is 19.9. The number of nitrogens with one attached hydrogen (secondary N) is 1. The van der Waals surface area contributed by atoms with Crippen molar-refractivity contribution >= 4 is 15.9 Å². The number of piperidine rings is 1. The Morgan fingerprint density at radius 1 is 1.32 bits per heavy atom. The second-order valence-electron chi connectivity index (χ2n) is 7.26. The van der Waals surface area contributed by atoms with E-state index in [-0.39, 0.29) is 17.9 Å². The van der Waals surface area contributed by atoms with Crippen molar-refractivity contribution in [2.45, 2.75) is 52.5 Å². The molecule has 0 saturated carbocycles. The van der Waals surface area contributed by atoms with Gasteiger partial charge in [-0.3, -0.25) is 9.48 Å². The van der Waals surface area contributed by atoms with E-state index >= 15 is 0 Å². The number of aromatic nitrogens is 2. The van der Waals surface area contributed by atoms with Crippen LogP contribution in [-0.4, -0.2) is 53.8 Å². The third-order valence-electron chi connectivity index (χ3n) is 5.09. The number of nitrogens with zero attached hydrogens (tertiary/aromatic N) is 3. The van der Waals surface area contributed by atoms with E-state index in [1.54, 1.807) is 0 Å². The van der Waals surface area contributed by atoms with Crippen molar-refractivity contribution in [3.63, 3.8) is 0 Å². The molecule has 0 aliphatic carbocycles. The van der Waals surface area contributed by atoms with Crippen LogP contribution in [0, 0.1) is 19.8 Å². The Hall–Kier alpha value is -1.41. The minimum atomic E-state index is -3.11. The summed E-state index contributed by atoms with van der Waals surface area (Å²) in [6, 6.07) is 0.0465. The van der Waals surface area contributed by atoms with E-state index in [2.05, 4.69) is 10.4 Å². The minimum Gasteiger partial charge on any atom is -0.353 e. The van der Waals surface area contributed by atoms with Crippen LogP contribution in [0.3, 0.4) is 0 Å². The third kappa shape index (κ3) is 5.28. The average Bonchev–Trinajstić information content (AvgIpc) is 2.73. The summed E-state index contributed by atoms with van der Waals surface area (Å²) in [7, 11) is -1.18. The van der Waals surface area contributed by atoms with Gasteiger partial charge >= 0.3 is 0 Å². The molecule has 0 radical (unpaired) electrons. The zero-order valence-electron chi connectivity index (χ0n) is 15.9. The number of sulfonamides is 1. The van der Waals surface area contributed by atoms with Gasteiger partial charge in [0.2, 0.25) is 15.9 Å². The lowest BCUT2D eigenvalue weighted by Crippen LogP contribution is -2.40. The summed E-state index contributed by atoms with van der Waals surface area (Å²) < 4.78 is 26.4. The number of amides is 1. The molecule has 0 spiro atoms. The molecule has 1 aromatic rings. The van der Waals surface area contributed by atoms with E-state index in [1.165, 1.54) is 16.1 Å². The molecular weight excluding hydrogens is 340 g/mol. The molecule has 2 heterocycles. The average molecular weight is 371 g/mol. The van der Waals surface area contributed by atoms with Gasteiger partial charge in [0.25, 0.3) is 0 Å². The number of aryl methyl sites for hydroxylation is 2. The summed E-state index contributed by atoms with van der Waals surface area (Å²) >= 11 is 0. The lowest BCUT2D eigenvalue weighted by Gasteiger charge is -2.30.